The second-order valence-corrected chi connectivity index (χ2v) is 5.19. The molecule has 4 heteroatoms. The van der Waals surface area contributed by atoms with Crippen molar-refractivity contribution in [2.24, 2.45) is 0 Å². The van der Waals surface area contributed by atoms with Crippen LogP contribution < -0.4 is 4.74 Å². The minimum atomic E-state index is 0.291. The Kier molecular flexibility index (Phi) is 5.40. The molecule has 0 spiro atoms. The standard InChI is InChI=1S/C16H22N2O2/c1-3-15-12-20-13(2)11-18(15)7-8-19-16-6-4-5-14(9-16)10-17/h4-6,9,13,15H,3,7-8,11-12H2,1-2H3. The minimum absolute atomic E-state index is 0.291. The lowest BCUT2D eigenvalue weighted by Crippen LogP contribution is -2.49. The Morgan fingerprint density at radius 2 is 2.35 bits per heavy atom. The van der Waals surface area contributed by atoms with Crippen LogP contribution in [0.25, 0.3) is 0 Å². The predicted molar refractivity (Wildman–Crippen MR) is 77.7 cm³/mol. The Labute approximate surface area is 120 Å². The van der Waals surface area contributed by atoms with Gasteiger partial charge < -0.3 is 9.47 Å². The summed E-state index contributed by atoms with van der Waals surface area (Å²) in [6.45, 7) is 7.59. The highest BCUT2D eigenvalue weighted by atomic mass is 16.5. The topological polar surface area (TPSA) is 45.5 Å². The molecule has 2 unspecified atom stereocenters. The zero-order valence-electron chi connectivity index (χ0n) is 12.2. The monoisotopic (exact) mass is 274 g/mol. The van der Waals surface area contributed by atoms with E-state index in [0.29, 0.717) is 24.3 Å². The molecule has 1 aromatic rings. The Morgan fingerprint density at radius 3 is 3.10 bits per heavy atom. The van der Waals surface area contributed by atoms with Crippen molar-refractivity contribution in [1.82, 2.24) is 4.90 Å². The maximum atomic E-state index is 8.86. The molecule has 20 heavy (non-hydrogen) atoms. The molecule has 108 valence electrons. The number of hydrogen-bond donors (Lipinski definition) is 0. The van der Waals surface area contributed by atoms with Gasteiger partial charge in [0.1, 0.15) is 12.4 Å². The highest BCUT2D eigenvalue weighted by Crippen LogP contribution is 2.15. The molecule has 1 fully saturated rings. The van der Waals surface area contributed by atoms with Gasteiger partial charge in [-0.25, -0.2) is 0 Å². The molecule has 0 aromatic heterocycles. The van der Waals surface area contributed by atoms with Gasteiger partial charge in [0.05, 0.1) is 24.3 Å². The van der Waals surface area contributed by atoms with Crippen LogP contribution in [0, 0.1) is 11.3 Å². The van der Waals surface area contributed by atoms with Crippen molar-refractivity contribution >= 4 is 0 Å². The first-order valence-corrected chi connectivity index (χ1v) is 7.21. The second kappa shape index (κ2) is 7.28. The lowest BCUT2D eigenvalue weighted by Gasteiger charge is -2.38. The summed E-state index contributed by atoms with van der Waals surface area (Å²) in [6, 6.07) is 9.90. The number of rotatable bonds is 5. The number of ether oxygens (including phenoxy) is 2. The van der Waals surface area contributed by atoms with Crippen molar-refractivity contribution < 1.29 is 9.47 Å². The number of nitriles is 1. The summed E-state index contributed by atoms with van der Waals surface area (Å²) < 4.78 is 11.4. The van der Waals surface area contributed by atoms with Gasteiger partial charge in [0.2, 0.25) is 0 Å². The number of hydrogen-bond acceptors (Lipinski definition) is 4. The van der Waals surface area contributed by atoms with E-state index in [1.165, 1.54) is 0 Å². The molecule has 0 bridgehead atoms. The highest BCUT2D eigenvalue weighted by molar-refractivity contribution is 5.36. The third kappa shape index (κ3) is 3.96. The average molecular weight is 274 g/mol. The Bertz CT molecular complexity index is 470. The van der Waals surface area contributed by atoms with Crippen molar-refractivity contribution in [3.63, 3.8) is 0 Å². The third-order valence-electron chi connectivity index (χ3n) is 3.66. The van der Waals surface area contributed by atoms with Crippen LogP contribution in [0.3, 0.4) is 0 Å². The van der Waals surface area contributed by atoms with Crippen molar-refractivity contribution in [2.75, 3.05) is 26.3 Å². The van der Waals surface area contributed by atoms with Gasteiger partial charge in [-0.15, -0.1) is 0 Å². The van der Waals surface area contributed by atoms with Crippen molar-refractivity contribution in [3.05, 3.63) is 29.8 Å². The van der Waals surface area contributed by atoms with E-state index < -0.39 is 0 Å². The zero-order valence-corrected chi connectivity index (χ0v) is 12.2. The minimum Gasteiger partial charge on any atom is -0.492 e. The summed E-state index contributed by atoms with van der Waals surface area (Å²) in [5, 5.41) is 8.86. The Hall–Kier alpha value is -1.57. The number of morpholine rings is 1. The average Bonchev–Trinajstić information content (AvgIpc) is 2.48. The van der Waals surface area contributed by atoms with E-state index >= 15 is 0 Å². The van der Waals surface area contributed by atoms with Gasteiger partial charge in [0.25, 0.3) is 0 Å². The first-order valence-electron chi connectivity index (χ1n) is 7.21. The fourth-order valence-corrected chi connectivity index (χ4v) is 2.50. The van der Waals surface area contributed by atoms with Gasteiger partial charge in [0, 0.05) is 19.1 Å². The predicted octanol–water partition coefficient (Wildman–Crippen LogP) is 2.44. The summed E-state index contributed by atoms with van der Waals surface area (Å²) >= 11 is 0. The fourth-order valence-electron chi connectivity index (χ4n) is 2.50. The van der Waals surface area contributed by atoms with Crippen LogP contribution >= 0.6 is 0 Å². The molecule has 1 aromatic carbocycles. The van der Waals surface area contributed by atoms with Crippen LogP contribution in [0.15, 0.2) is 24.3 Å². The molecule has 0 radical (unpaired) electrons. The quantitative estimate of drug-likeness (QED) is 0.827. The van der Waals surface area contributed by atoms with Crippen LogP contribution in [0.4, 0.5) is 0 Å². The van der Waals surface area contributed by atoms with Gasteiger partial charge in [-0.05, 0) is 31.5 Å². The van der Waals surface area contributed by atoms with E-state index in [4.69, 9.17) is 14.7 Å². The Morgan fingerprint density at radius 1 is 1.50 bits per heavy atom. The van der Waals surface area contributed by atoms with Crippen LogP contribution in [0.5, 0.6) is 5.75 Å². The molecule has 2 atom stereocenters. The van der Waals surface area contributed by atoms with Crippen LogP contribution in [0.1, 0.15) is 25.8 Å². The molecule has 4 nitrogen and oxygen atoms in total. The normalized spacial score (nSPS) is 23.2. The van der Waals surface area contributed by atoms with Crippen molar-refractivity contribution in [2.45, 2.75) is 32.4 Å². The smallest absolute Gasteiger partial charge is 0.120 e. The Balaban J connectivity index is 1.83. The van der Waals surface area contributed by atoms with Gasteiger partial charge in [0.15, 0.2) is 0 Å². The lowest BCUT2D eigenvalue weighted by atomic mass is 10.1. The van der Waals surface area contributed by atoms with Crippen molar-refractivity contribution in [3.8, 4) is 11.8 Å². The van der Waals surface area contributed by atoms with Gasteiger partial charge >= 0.3 is 0 Å². The molecule has 0 N–H and O–H groups in total. The maximum Gasteiger partial charge on any atom is 0.120 e. The first-order chi connectivity index (χ1) is 9.72. The third-order valence-corrected chi connectivity index (χ3v) is 3.66. The number of benzene rings is 1. The molecule has 1 aliphatic rings. The molecule has 1 aliphatic heterocycles. The molecule has 0 aliphatic carbocycles. The summed E-state index contributed by atoms with van der Waals surface area (Å²) in [5.41, 5.74) is 0.633. The SMILES string of the molecule is CCC1COC(C)CN1CCOc1cccc(C#N)c1. The van der Waals surface area contributed by atoms with E-state index in [1.807, 2.05) is 12.1 Å². The van der Waals surface area contributed by atoms with E-state index in [1.54, 1.807) is 12.1 Å². The zero-order chi connectivity index (χ0) is 14.4. The maximum absolute atomic E-state index is 8.86. The molecule has 1 heterocycles. The largest absolute Gasteiger partial charge is 0.492 e. The second-order valence-electron chi connectivity index (χ2n) is 5.19. The first kappa shape index (κ1) is 14.8. The van der Waals surface area contributed by atoms with E-state index in [9.17, 15) is 0 Å². The lowest BCUT2D eigenvalue weighted by molar-refractivity contribution is -0.0586. The highest BCUT2D eigenvalue weighted by Gasteiger charge is 2.24. The van der Waals surface area contributed by atoms with Crippen LogP contribution in [-0.4, -0.2) is 43.3 Å². The summed E-state index contributed by atoms with van der Waals surface area (Å²) in [5.74, 6) is 0.762. The summed E-state index contributed by atoms with van der Waals surface area (Å²) in [6.07, 6.45) is 1.39. The fraction of sp³-hybridized carbons (Fsp3) is 0.562. The van der Waals surface area contributed by atoms with Crippen LogP contribution in [-0.2, 0) is 4.74 Å². The molecule has 0 amide bonds. The van der Waals surface area contributed by atoms with Gasteiger partial charge in [-0.3, -0.25) is 4.90 Å². The van der Waals surface area contributed by atoms with Crippen LogP contribution in [0.2, 0.25) is 0 Å². The summed E-state index contributed by atoms with van der Waals surface area (Å²) in [4.78, 5) is 2.43. The van der Waals surface area contributed by atoms with Gasteiger partial charge in [-0.2, -0.15) is 5.26 Å². The molecular formula is C16H22N2O2. The van der Waals surface area contributed by atoms with E-state index in [-0.39, 0.29) is 0 Å². The number of nitrogens with zero attached hydrogens (tertiary/aromatic N) is 2. The van der Waals surface area contributed by atoms with Crippen molar-refractivity contribution in [1.29, 1.82) is 5.26 Å². The van der Waals surface area contributed by atoms with Gasteiger partial charge in [-0.1, -0.05) is 13.0 Å². The molecule has 0 saturated carbocycles. The summed E-state index contributed by atoms with van der Waals surface area (Å²) in [7, 11) is 0. The molecular weight excluding hydrogens is 252 g/mol. The molecule has 2 rings (SSSR count). The molecule has 1 saturated heterocycles. The van der Waals surface area contributed by atoms with E-state index in [0.717, 1.165) is 31.9 Å². The van der Waals surface area contributed by atoms with E-state index in [2.05, 4.69) is 24.8 Å².